The molecule has 1 aromatic heterocycles. The summed E-state index contributed by atoms with van der Waals surface area (Å²) in [6.45, 7) is 8.44. The smallest absolute Gasteiger partial charge is 0.410 e. The van der Waals surface area contributed by atoms with Gasteiger partial charge in [0.15, 0.2) is 6.19 Å². The highest BCUT2D eigenvalue weighted by molar-refractivity contribution is 6.01. The van der Waals surface area contributed by atoms with Crippen molar-refractivity contribution in [2.75, 3.05) is 58.8 Å². The van der Waals surface area contributed by atoms with E-state index in [0.29, 0.717) is 36.5 Å². The van der Waals surface area contributed by atoms with Crippen LogP contribution in [0.1, 0.15) is 56.9 Å². The molecule has 22 heteroatoms. The van der Waals surface area contributed by atoms with Crippen LogP contribution in [0.25, 0.3) is 11.0 Å². The topological polar surface area (TPSA) is 263 Å². The van der Waals surface area contributed by atoms with Crippen molar-refractivity contribution in [3.63, 3.8) is 0 Å². The van der Waals surface area contributed by atoms with Crippen LogP contribution in [0.5, 0.6) is 0 Å². The third-order valence-corrected chi connectivity index (χ3v) is 11.2. The van der Waals surface area contributed by atoms with Crippen molar-refractivity contribution >= 4 is 64.1 Å². The van der Waals surface area contributed by atoms with Gasteiger partial charge in [0.05, 0.1) is 38.3 Å². The van der Waals surface area contributed by atoms with Crippen molar-refractivity contribution in [2.24, 2.45) is 15.3 Å². The number of rotatable bonds is 12. The number of hydrogen-bond acceptors (Lipinski definition) is 15. The van der Waals surface area contributed by atoms with Crippen LogP contribution in [0.4, 0.5) is 20.1 Å². The molecule has 3 aliphatic heterocycles. The number of likely N-dealkylation sites (tertiary alicyclic amines) is 3. The van der Waals surface area contributed by atoms with Gasteiger partial charge < -0.3 is 54.1 Å². The molecule has 4 N–H and O–H groups in total. The van der Waals surface area contributed by atoms with Gasteiger partial charge in [-0.25, -0.2) is 19.4 Å². The lowest BCUT2D eigenvalue weighted by molar-refractivity contribution is -0.140. The van der Waals surface area contributed by atoms with E-state index in [-0.39, 0.29) is 63.7 Å². The first-order valence-electron chi connectivity index (χ1n) is 23.3. The quantitative estimate of drug-likeness (QED) is 0.0335. The number of anilines is 1. The second-order valence-electron chi connectivity index (χ2n) is 17.9. The van der Waals surface area contributed by atoms with Gasteiger partial charge in [-0.15, -0.1) is 0 Å². The van der Waals surface area contributed by atoms with Gasteiger partial charge in [-0.2, -0.15) is 5.26 Å². The van der Waals surface area contributed by atoms with Crippen molar-refractivity contribution in [3.05, 3.63) is 102 Å². The Hall–Kier alpha value is -8.35. The number of furan rings is 1. The number of guanidine groups is 1. The maximum atomic E-state index is 13.6. The summed E-state index contributed by atoms with van der Waals surface area (Å²) in [4.78, 5) is 82.6. The van der Waals surface area contributed by atoms with Crippen molar-refractivity contribution in [1.29, 1.82) is 5.26 Å². The average Bonchev–Trinajstić information content (AvgIpc) is 4.03. The van der Waals surface area contributed by atoms with Gasteiger partial charge in [0.1, 0.15) is 61.8 Å². The predicted octanol–water partition coefficient (Wildman–Crippen LogP) is 5.64. The summed E-state index contributed by atoms with van der Waals surface area (Å²) in [6.07, 6.45) is 2.05. The first kappa shape index (κ1) is 53.0. The third-order valence-electron chi connectivity index (χ3n) is 11.2. The summed E-state index contributed by atoms with van der Waals surface area (Å²) in [5.41, 5.74) is 3.50. The second-order valence-corrected chi connectivity index (χ2v) is 17.9. The van der Waals surface area contributed by atoms with E-state index in [2.05, 4.69) is 36.6 Å². The minimum Gasteiger partial charge on any atom is -0.461 e. The number of nitrogens with one attached hydrogen (secondary N) is 4. The fourth-order valence-electron chi connectivity index (χ4n) is 7.86. The Morgan fingerprint density at radius 1 is 0.806 bits per heavy atom. The number of amides is 5. The highest BCUT2D eigenvalue weighted by Gasteiger charge is 2.38. The molecule has 72 heavy (non-hydrogen) atoms. The molecular formula is C50H61N11O11. The minimum absolute atomic E-state index is 0.0972. The zero-order chi connectivity index (χ0) is 51.6. The maximum Gasteiger partial charge on any atom is 0.410 e. The number of carbonyl (C=O) groups is 5. The van der Waals surface area contributed by atoms with Gasteiger partial charge >= 0.3 is 18.3 Å². The zero-order valence-corrected chi connectivity index (χ0v) is 41.2. The van der Waals surface area contributed by atoms with Crippen LogP contribution < -0.4 is 21.3 Å². The summed E-state index contributed by atoms with van der Waals surface area (Å²) >= 11 is 0. The number of aryl methyl sites for hydroxylation is 1. The Kier molecular flexibility index (Phi) is 18.8. The molecule has 0 bridgehead atoms. The molecule has 382 valence electrons. The molecular weight excluding hydrogens is 931 g/mol. The molecule has 0 saturated carbocycles. The molecule has 0 radical (unpaired) electrons. The standard InChI is InChI=1S/C32H36N8O6.C18H25N3O5/c1-21-14-23-15-24(11-12-28(23)46-21)35-31(34-20-33)36-25-10-6-7-13-39(30(25)42)18-29(41)40-16-26(27(17-40)38-44-2)37-32(43)45-19-22-8-4-3-5-9-22;1-18(2,3)26-17(23)21-10-14(15(11-21)20-24-4)19-16(22)25-12-13-8-6-5-7-9-13/h3-5,8-9,11-12,14-15,25-26H,6-7,10,13,16-19H2,1-2H3,(H,37,43)(H2,34,35,36);5-9,14H,10-12H2,1-4H3,(H,19,22)/b38-27-;20-15+/t25-,26?;/m0./s1. The van der Waals surface area contributed by atoms with Crippen LogP contribution in [-0.4, -0.2) is 139 Å². The molecule has 2 unspecified atom stereocenters. The van der Waals surface area contributed by atoms with Gasteiger partial charge in [0, 0.05) is 24.2 Å². The molecule has 3 aliphatic rings. The number of alkyl carbamates (subject to hydrolysis) is 2. The highest BCUT2D eigenvalue weighted by atomic mass is 16.6. The first-order chi connectivity index (χ1) is 34.6. The molecule has 22 nitrogen and oxygen atoms in total. The van der Waals surface area contributed by atoms with E-state index in [9.17, 15) is 29.2 Å². The van der Waals surface area contributed by atoms with Crippen LogP contribution in [0.2, 0.25) is 0 Å². The number of aliphatic imine (C=N–C) groups is 1. The molecule has 0 aliphatic carbocycles. The van der Waals surface area contributed by atoms with Crippen LogP contribution in [-0.2, 0) is 46.7 Å². The number of fused-ring (bicyclic) bond motifs is 1. The lowest BCUT2D eigenvalue weighted by Crippen LogP contribution is -2.46. The number of hydrogen-bond donors (Lipinski definition) is 4. The lowest BCUT2D eigenvalue weighted by atomic mass is 10.1. The van der Waals surface area contributed by atoms with Crippen LogP contribution >= 0.6 is 0 Å². The summed E-state index contributed by atoms with van der Waals surface area (Å²) in [5, 5.41) is 29.2. The highest BCUT2D eigenvalue weighted by Crippen LogP contribution is 2.24. The molecule has 5 amide bonds. The van der Waals surface area contributed by atoms with E-state index in [1.54, 1.807) is 26.8 Å². The molecule has 3 saturated heterocycles. The van der Waals surface area contributed by atoms with Gasteiger partial charge in [0.25, 0.3) is 0 Å². The fourth-order valence-corrected chi connectivity index (χ4v) is 7.86. The van der Waals surface area contributed by atoms with Crippen molar-refractivity contribution in [3.8, 4) is 6.19 Å². The largest absolute Gasteiger partial charge is 0.461 e. The second kappa shape index (κ2) is 25.5. The van der Waals surface area contributed by atoms with E-state index < -0.39 is 42.0 Å². The Bertz CT molecular complexity index is 2650. The zero-order valence-electron chi connectivity index (χ0n) is 41.2. The van der Waals surface area contributed by atoms with E-state index in [1.807, 2.05) is 92.0 Å². The number of benzene rings is 3. The molecule has 4 aromatic rings. The van der Waals surface area contributed by atoms with E-state index in [0.717, 1.165) is 34.3 Å². The monoisotopic (exact) mass is 991 g/mol. The van der Waals surface area contributed by atoms with Gasteiger partial charge in [-0.05, 0) is 82.3 Å². The molecule has 0 spiro atoms. The van der Waals surface area contributed by atoms with Crippen LogP contribution in [0, 0.1) is 18.4 Å². The van der Waals surface area contributed by atoms with E-state index in [4.69, 9.17) is 28.3 Å². The minimum atomic E-state index is -0.795. The van der Waals surface area contributed by atoms with Crippen molar-refractivity contribution in [2.45, 2.75) is 83.9 Å². The number of carbonyl (C=O) groups excluding carboxylic acids is 5. The van der Waals surface area contributed by atoms with E-state index >= 15 is 0 Å². The van der Waals surface area contributed by atoms with Crippen molar-refractivity contribution < 1.29 is 52.3 Å². The number of nitriles is 1. The average molecular weight is 992 g/mol. The van der Waals surface area contributed by atoms with E-state index in [1.165, 1.54) is 28.9 Å². The summed E-state index contributed by atoms with van der Waals surface area (Å²) in [5.74, 6) is 0.289. The Balaban J connectivity index is 0.000000276. The SMILES string of the molecule is CO/N=C1/CN(C(=O)CN2CCCC[C@H](N=C(NC#N)Nc3ccc4oc(C)cc4c3)C2=O)CC1NC(=O)OCc1ccccc1.CO/N=C1\CN(C(=O)OC(C)(C)C)CC1NC(=O)OCc1ccccc1. The summed E-state index contributed by atoms with van der Waals surface area (Å²) in [6, 6.07) is 24.1. The number of oxime groups is 2. The molecule has 3 aromatic carbocycles. The number of ether oxygens (including phenoxy) is 3. The van der Waals surface area contributed by atoms with Gasteiger partial charge in [0.2, 0.25) is 17.8 Å². The Labute approximate surface area is 417 Å². The molecule has 7 rings (SSSR count). The predicted molar refractivity (Wildman–Crippen MR) is 265 cm³/mol. The molecule has 3 atom stereocenters. The van der Waals surface area contributed by atoms with Crippen molar-refractivity contribution in [1.82, 2.24) is 30.7 Å². The Morgan fingerprint density at radius 2 is 1.39 bits per heavy atom. The third kappa shape index (κ3) is 15.8. The summed E-state index contributed by atoms with van der Waals surface area (Å²) in [7, 11) is 2.80. The van der Waals surface area contributed by atoms with Crippen LogP contribution in [0.3, 0.4) is 0 Å². The summed E-state index contributed by atoms with van der Waals surface area (Å²) < 4.78 is 21.5. The maximum absolute atomic E-state index is 13.6. The Morgan fingerprint density at radius 3 is 1.96 bits per heavy atom. The molecule has 4 heterocycles. The first-order valence-corrected chi connectivity index (χ1v) is 23.3. The van der Waals surface area contributed by atoms with Gasteiger partial charge in [-0.1, -0.05) is 71.0 Å². The van der Waals surface area contributed by atoms with Gasteiger partial charge in [-0.3, -0.25) is 19.8 Å². The lowest BCUT2D eigenvalue weighted by Gasteiger charge is -2.25. The van der Waals surface area contributed by atoms with Crippen LogP contribution in [0.15, 0.2) is 105 Å². The number of nitrogens with zero attached hydrogens (tertiary/aromatic N) is 7. The fraction of sp³-hybridized carbons (Fsp3) is 0.420. The normalized spacial score (nSPS) is 19.1. The molecule has 3 fully saturated rings.